The predicted octanol–water partition coefficient (Wildman–Crippen LogP) is 4.40. The number of likely N-dealkylation sites (tertiary alicyclic amines) is 1. The lowest BCUT2D eigenvalue weighted by atomic mass is 10.1. The maximum absolute atomic E-state index is 12.7. The maximum atomic E-state index is 12.7. The Balaban J connectivity index is 1.42. The minimum Gasteiger partial charge on any atom is -0.349 e. The number of aromatic nitrogens is 3. The van der Waals surface area contributed by atoms with Crippen LogP contribution in [0.5, 0.6) is 0 Å². The van der Waals surface area contributed by atoms with Crippen molar-refractivity contribution in [1.82, 2.24) is 25.0 Å². The summed E-state index contributed by atoms with van der Waals surface area (Å²) in [6.07, 6.45) is 3.49. The Morgan fingerprint density at radius 1 is 1.06 bits per heavy atom. The molecule has 0 radical (unpaired) electrons. The van der Waals surface area contributed by atoms with Crippen LogP contribution >= 0.6 is 11.8 Å². The highest BCUT2D eigenvalue weighted by Crippen LogP contribution is 2.24. The van der Waals surface area contributed by atoms with Gasteiger partial charge in [-0.1, -0.05) is 61.2 Å². The lowest BCUT2D eigenvalue weighted by Crippen LogP contribution is -2.28. The number of aryl methyl sites for hydroxylation is 1. The summed E-state index contributed by atoms with van der Waals surface area (Å²) < 4.78 is 2.09. The number of nitrogens with one attached hydrogen (secondary N) is 1. The Kier molecular flexibility index (Phi) is 7.60. The van der Waals surface area contributed by atoms with Gasteiger partial charge in [-0.3, -0.25) is 14.3 Å². The third-order valence-electron chi connectivity index (χ3n) is 5.88. The van der Waals surface area contributed by atoms with E-state index in [1.165, 1.54) is 30.2 Å². The zero-order chi connectivity index (χ0) is 22.3. The molecule has 7 heteroatoms. The first-order valence-electron chi connectivity index (χ1n) is 11.4. The van der Waals surface area contributed by atoms with E-state index in [2.05, 4.69) is 68.3 Å². The first-order chi connectivity index (χ1) is 15.6. The molecule has 0 aliphatic carbocycles. The highest BCUT2D eigenvalue weighted by Gasteiger charge is 2.20. The molecule has 1 unspecified atom stereocenters. The van der Waals surface area contributed by atoms with E-state index >= 15 is 0 Å². The van der Waals surface area contributed by atoms with Crippen LogP contribution in [0.4, 0.5) is 0 Å². The van der Waals surface area contributed by atoms with Crippen LogP contribution in [0.1, 0.15) is 49.7 Å². The van der Waals surface area contributed by atoms with E-state index in [9.17, 15) is 4.79 Å². The molecular formula is C25H31N5OS. The van der Waals surface area contributed by atoms with Crippen molar-refractivity contribution >= 4 is 17.7 Å². The van der Waals surface area contributed by atoms with Crippen molar-refractivity contribution in [2.24, 2.45) is 0 Å². The number of hydrogen-bond donors (Lipinski definition) is 1. The van der Waals surface area contributed by atoms with Gasteiger partial charge in [0, 0.05) is 5.69 Å². The van der Waals surface area contributed by atoms with E-state index in [0.717, 1.165) is 48.3 Å². The van der Waals surface area contributed by atoms with Crippen LogP contribution in [0, 0.1) is 0 Å². The standard InChI is InChI=1S/C25H31N5OS/c1-3-20-11-13-21(14-12-20)19(2)26-24(31)18-32-25-28-27-23(17-29-15-7-8-16-29)30(25)22-9-5-4-6-10-22/h4-6,9-14,19H,3,7-8,15-18H2,1-2H3,(H,26,31). The molecule has 1 aliphatic rings. The highest BCUT2D eigenvalue weighted by molar-refractivity contribution is 7.99. The molecule has 1 atom stereocenters. The highest BCUT2D eigenvalue weighted by atomic mass is 32.2. The van der Waals surface area contributed by atoms with E-state index in [4.69, 9.17) is 0 Å². The van der Waals surface area contributed by atoms with Crippen molar-refractivity contribution in [3.8, 4) is 5.69 Å². The van der Waals surface area contributed by atoms with Crippen LogP contribution in [0.15, 0.2) is 59.8 Å². The SMILES string of the molecule is CCc1ccc(C(C)NC(=O)CSc2nnc(CN3CCCC3)n2-c2ccccc2)cc1. The largest absolute Gasteiger partial charge is 0.349 e. The van der Waals surface area contributed by atoms with Gasteiger partial charge in [0.05, 0.1) is 18.3 Å². The van der Waals surface area contributed by atoms with E-state index < -0.39 is 0 Å². The van der Waals surface area contributed by atoms with Crippen LogP contribution in [0.25, 0.3) is 5.69 Å². The third kappa shape index (κ3) is 5.58. The number of hydrogen-bond acceptors (Lipinski definition) is 5. The van der Waals surface area contributed by atoms with Crippen LogP contribution in [0.2, 0.25) is 0 Å². The summed E-state index contributed by atoms with van der Waals surface area (Å²) in [5.74, 6) is 1.21. The Bertz CT molecular complexity index is 1010. The monoisotopic (exact) mass is 449 g/mol. The fourth-order valence-corrected chi connectivity index (χ4v) is 4.79. The fraction of sp³-hybridized carbons (Fsp3) is 0.400. The first kappa shape index (κ1) is 22.6. The molecule has 1 N–H and O–H groups in total. The Morgan fingerprint density at radius 3 is 2.47 bits per heavy atom. The molecule has 1 aliphatic heterocycles. The van der Waals surface area contributed by atoms with Gasteiger partial charge in [-0.25, -0.2) is 0 Å². The predicted molar refractivity (Wildman–Crippen MR) is 129 cm³/mol. The number of nitrogens with zero attached hydrogens (tertiary/aromatic N) is 4. The summed E-state index contributed by atoms with van der Waals surface area (Å²) in [4.78, 5) is 15.1. The summed E-state index contributed by atoms with van der Waals surface area (Å²) in [6.45, 7) is 7.14. The zero-order valence-corrected chi connectivity index (χ0v) is 19.6. The first-order valence-corrected chi connectivity index (χ1v) is 12.4. The molecule has 168 valence electrons. The van der Waals surface area contributed by atoms with Gasteiger partial charge in [0.1, 0.15) is 0 Å². The second-order valence-electron chi connectivity index (χ2n) is 8.23. The second-order valence-corrected chi connectivity index (χ2v) is 9.17. The number of benzene rings is 2. The molecule has 1 aromatic heterocycles. The molecule has 32 heavy (non-hydrogen) atoms. The quantitative estimate of drug-likeness (QED) is 0.491. The van der Waals surface area contributed by atoms with Gasteiger partial charge >= 0.3 is 0 Å². The van der Waals surface area contributed by atoms with Crippen molar-refractivity contribution in [3.05, 3.63) is 71.5 Å². The minimum atomic E-state index is -0.0354. The topological polar surface area (TPSA) is 63.1 Å². The van der Waals surface area contributed by atoms with E-state index in [1.807, 2.05) is 25.1 Å². The molecule has 1 amide bonds. The van der Waals surface area contributed by atoms with Crippen LogP contribution in [0.3, 0.4) is 0 Å². The lowest BCUT2D eigenvalue weighted by Gasteiger charge is -2.16. The van der Waals surface area contributed by atoms with Crippen molar-refractivity contribution < 1.29 is 4.79 Å². The normalized spacial score (nSPS) is 15.1. The Hall–Kier alpha value is -2.64. The Labute approximate surface area is 194 Å². The summed E-state index contributed by atoms with van der Waals surface area (Å²) in [7, 11) is 0. The van der Waals surface area contributed by atoms with Gasteiger partial charge in [0.2, 0.25) is 5.91 Å². The number of carbonyl (C=O) groups excluding carboxylic acids is 1. The van der Waals surface area contributed by atoms with Gasteiger partial charge in [0.25, 0.3) is 0 Å². The van der Waals surface area contributed by atoms with Crippen molar-refractivity contribution in [2.75, 3.05) is 18.8 Å². The van der Waals surface area contributed by atoms with Gasteiger partial charge in [0.15, 0.2) is 11.0 Å². The molecule has 2 heterocycles. The molecule has 6 nitrogen and oxygen atoms in total. The van der Waals surface area contributed by atoms with Crippen LogP contribution in [-0.2, 0) is 17.8 Å². The number of carbonyl (C=O) groups is 1. The number of rotatable bonds is 9. The smallest absolute Gasteiger partial charge is 0.230 e. The molecule has 3 aromatic rings. The molecule has 0 saturated carbocycles. The summed E-state index contributed by atoms with van der Waals surface area (Å²) in [6, 6.07) is 18.5. The Morgan fingerprint density at radius 2 is 1.78 bits per heavy atom. The van der Waals surface area contributed by atoms with Crippen molar-refractivity contribution in [3.63, 3.8) is 0 Å². The molecule has 1 fully saturated rings. The van der Waals surface area contributed by atoms with Gasteiger partial charge in [-0.2, -0.15) is 0 Å². The maximum Gasteiger partial charge on any atom is 0.230 e. The minimum absolute atomic E-state index is 0.00854. The molecule has 2 aromatic carbocycles. The van der Waals surface area contributed by atoms with Crippen molar-refractivity contribution in [2.45, 2.75) is 50.9 Å². The fourth-order valence-electron chi connectivity index (χ4n) is 4.01. The van der Waals surface area contributed by atoms with Crippen LogP contribution in [-0.4, -0.2) is 44.4 Å². The lowest BCUT2D eigenvalue weighted by molar-refractivity contribution is -0.119. The number of para-hydroxylation sites is 1. The van der Waals surface area contributed by atoms with Gasteiger partial charge in [-0.15, -0.1) is 10.2 Å². The van der Waals surface area contributed by atoms with Gasteiger partial charge in [-0.05, 0) is 62.5 Å². The number of thioether (sulfide) groups is 1. The van der Waals surface area contributed by atoms with Crippen molar-refractivity contribution in [1.29, 1.82) is 0 Å². The summed E-state index contributed by atoms with van der Waals surface area (Å²) in [5.41, 5.74) is 3.44. The average Bonchev–Trinajstić information content (AvgIpc) is 3.48. The number of amides is 1. The summed E-state index contributed by atoms with van der Waals surface area (Å²) in [5, 5.41) is 12.8. The van der Waals surface area contributed by atoms with Gasteiger partial charge < -0.3 is 5.32 Å². The zero-order valence-electron chi connectivity index (χ0n) is 18.8. The van der Waals surface area contributed by atoms with Crippen LogP contribution < -0.4 is 5.32 Å². The van der Waals surface area contributed by atoms with E-state index in [1.54, 1.807) is 0 Å². The third-order valence-corrected chi connectivity index (χ3v) is 6.81. The average molecular weight is 450 g/mol. The molecule has 1 saturated heterocycles. The molecule has 4 rings (SSSR count). The molecule has 0 spiro atoms. The second kappa shape index (κ2) is 10.8. The molecule has 0 bridgehead atoms. The van der Waals surface area contributed by atoms with E-state index in [0.29, 0.717) is 5.75 Å². The van der Waals surface area contributed by atoms with E-state index in [-0.39, 0.29) is 11.9 Å². The molecular weight excluding hydrogens is 418 g/mol. The summed E-state index contributed by atoms with van der Waals surface area (Å²) >= 11 is 1.43.